The number of hydrogen-bond acceptors (Lipinski definition) is 4. The van der Waals surface area contributed by atoms with Crippen LogP contribution in [0.5, 0.6) is 0 Å². The van der Waals surface area contributed by atoms with Gasteiger partial charge in [0.2, 0.25) is 5.91 Å². The van der Waals surface area contributed by atoms with E-state index < -0.39 is 23.4 Å². The van der Waals surface area contributed by atoms with Crippen LogP contribution in [0.4, 0.5) is 11.4 Å². The van der Waals surface area contributed by atoms with Gasteiger partial charge in [-0.2, -0.15) is 0 Å². The molecule has 0 unspecified atom stereocenters. The second-order valence-electron chi connectivity index (χ2n) is 11.0. The summed E-state index contributed by atoms with van der Waals surface area (Å²) in [6.07, 6.45) is 4.81. The van der Waals surface area contributed by atoms with Crippen molar-refractivity contribution >= 4 is 46.5 Å². The molecule has 0 aromatic heterocycles. The zero-order valence-electron chi connectivity index (χ0n) is 21.6. The van der Waals surface area contributed by atoms with E-state index in [-0.39, 0.29) is 17.5 Å². The average molecular weight is 525 g/mol. The van der Waals surface area contributed by atoms with Gasteiger partial charge in [-0.05, 0) is 60.2 Å². The van der Waals surface area contributed by atoms with Crippen LogP contribution in [-0.4, -0.2) is 29.6 Å². The first-order chi connectivity index (χ1) is 18.2. The summed E-state index contributed by atoms with van der Waals surface area (Å²) < 4.78 is 0. The first-order valence-corrected chi connectivity index (χ1v) is 13.4. The molecule has 1 amide bonds. The van der Waals surface area contributed by atoms with Crippen LogP contribution in [0.25, 0.3) is 6.08 Å². The highest BCUT2D eigenvalue weighted by molar-refractivity contribution is 6.31. The molecule has 4 atom stereocenters. The normalized spacial score (nSPS) is 24.8. The molecule has 3 aliphatic rings. The smallest absolute Gasteiger partial charge is 0.238 e. The second-order valence-corrected chi connectivity index (χ2v) is 11.4. The molecular formula is C32H29ClN2O3. The maximum absolute atomic E-state index is 14.5. The number of Topliss-reactive ketones (excluding diaryl/α,β-unsaturated/α-hetero) is 2. The highest BCUT2D eigenvalue weighted by atomic mass is 35.5. The van der Waals surface area contributed by atoms with Crippen molar-refractivity contribution in [1.29, 1.82) is 0 Å². The number of nitrogens with zero attached hydrogens (tertiary/aromatic N) is 1. The Hall–Kier alpha value is -3.70. The fourth-order valence-corrected chi connectivity index (χ4v) is 6.94. The number of benzene rings is 3. The monoisotopic (exact) mass is 524 g/mol. The van der Waals surface area contributed by atoms with Gasteiger partial charge in [-0.25, -0.2) is 0 Å². The minimum Gasteiger partial charge on any atom is -0.352 e. The predicted molar refractivity (Wildman–Crippen MR) is 151 cm³/mol. The van der Waals surface area contributed by atoms with Crippen molar-refractivity contribution in [2.75, 3.05) is 10.2 Å². The van der Waals surface area contributed by atoms with Crippen molar-refractivity contribution in [1.82, 2.24) is 0 Å². The largest absolute Gasteiger partial charge is 0.352 e. The number of hydrogen-bond donors (Lipinski definition) is 1. The Balaban J connectivity index is 1.58. The Morgan fingerprint density at radius 2 is 1.79 bits per heavy atom. The summed E-state index contributed by atoms with van der Waals surface area (Å²) >= 11 is 6.29. The topological polar surface area (TPSA) is 66.5 Å². The van der Waals surface area contributed by atoms with Gasteiger partial charge in [-0.3, -0.25) is 14.4 Å². The number of carbonyl (C=O) groups is 3. The number of carbonyl (C=O) groups excluding carboxylic acids is 3. The Bertz CT molecular complexity index is 1510. The van der Waals surface area contributed by atoms with Crippen LogP contribution < -0.4 is 10.2 Å². The van der Waals surface area contributed by atoms with Gasteiger partial charge >= 0.3 is 0 Å². The third-order valence-electron chi connectivity index (χ3n) is 8.18. The minimum atomic E-state index is -1.27. The lowest BCUT2D eigenvalue weighted by molar-refractivity contribution is -0.122. The Morgan fingerprint density at radius 3 is 2.50 bits per heavy atom. The van der Waals surface area contributed by atoms with Crippen molar-refractivity contribution in [2.24, 2.45) is 11.8 Å². The van der Waals surface area contributed by atoms with E-state index >= 15 is 0 Å². The maximum Gasteiger partial charge on any atom is 0.238 e. The molecule has 1 fully saturated rings. The van der Waals surface area contributed by atoms with Gasteiger partial charge in [-0.15, -0.1) is 0 Å². The number of ketones is 2. The van der Waals surface area contributed by atoms with Gasteiger partial charge in [-0.1, -0.05) is 80.1 Å². The van der Waals surface area contributed by atoms with Crippen molar-refractivity contribution in [2.45, 2.75) is 44.7 Å². The molecule has 5 nitrogen and oxygen atoms in total. The van der Waals surface area contributed by atoms with Crippen molar-refractivity contribution < 1.29 is 14.4 Å². The molecule has 6 rings (SSSR count). The summed E-state index contributed by atoms with van der Waals surface area (Å²) in [5.41, 5.74) is 3.47. The molecule has 3 heterocycles. The van der Waals surface area contributed by atoms with Crippen LogP contribution in [0, 0.1) is 11.8 Å². The van der Waals surface area contributed by atoms with Crippen LogP contribution in [0.15, 0.2) is 72.8 Å². The van der Waals surface area contributed by atoms with Crippen molar-refractivity contribution in [3.63, 3.8) is 0 Å². The average Bonchev–Trinajstić information content (AvgIpc) is 3.36. The van der Waals surface area contributed by atoms with E-state index in [4.69, 9.17) is 11.6 Å². The Kier molecular flexibility index (Phi) is 5.80. The van der Waals surface area contributed by atoms with Gasteiger partial charge < -0.3 is 10.2 Å². The molecule has 0 bridgehead atoms. The molecule has 3 aliphatic heterocycles. The molecule has 1 N–H and O–H groups in total. The molecule has 0 saturated carbocycles. The lowest BCUT2D eigenvalue weighted by atomic mass is 9.64. The van der Waals surface area contributed by atoms with Crippen LogP contribution >= 0.6 is 11.6 Å². The molecule has 192 valence electrons. The number of rotatable bonds is 5. The maximum atomic E-state index is 14.5. The summed E-state index contributed by atoms with van der Waals surface area (Å²) in [6, 6.07) is 19.3. The first-order valence-electron chi connectivity index (χ1n) is 13.0. The number of anilines is 2. The van der Waals surface area contributed by atoms with E-state index in [1.54, 1.807) is 6.07 Å². The van der Waals surface area contributed by atoms with Crippen LogP contribution in [-0.2, 0) is 21.4 Å². The zero-order valence-corrected chi connectivity index (χ0v) is 22.3. The molecule has 3 aromatic rings. The molecule has 3 aromatic carbocycles. The molecule has 6 heteroatoms. The molecular weight excluding hydrogens is 496 g/mol. The summed E-state index contributed by atoms with van der Waals surface area (Å²) in [4.78, 5) is 44.1. The Morgan fingerprint density at radius 1 is 1.05 bits per heavy atom. The quantitative estimate of drug-likeness (QED) is 0.409. The summed E-state index contributed by atoms with van der Waals surface area (Å²) in [6.45, 7) is 5.83. The highest BCUT2D eigenvalue weighted by Crippen LogP contribution is 2.57. The van der Waals surface area contributed by atoms with Crippen LogP contribution in [0.2, 0.25) is 5.02 Å². The highest BCUT2D eigenvalue weighted by Gasteiger charge is 2.69. The van der Waals surface area contributed by atoms with Gasteiger partial charge in [0.25, 0.3) is 0 Å². The third kappa shape index (κ3) is 3.48. The number of para-hydroxylation sites is 1. The molecule has 38 heavy (non-hydrogen) atoms. The van der Waals surface area contributed by atoms with Crippen molar-refractivity contribution in [3.05, 3.63) is 100 Å². The lowest BCUT2D eigenvalue weighted by Crippen LogP contribution is -2.51. The summed E-state index contributed by atoms with van der Waals surface area (Å²) in [5, 5.41) is 3.62. The van der Waals surface area contributed by atoms with E-state index in [2.05, 4.69) is 19.2 Å². The van der Waals surface area contributed by atoms with Gasteiger partial charge in [0.05, 0.1) is 18.0 Å². The SMILES string of the molecule is CC(=O)[C@@H]1[C@H](C(=O)c2ccc(CC(C)C)cc2)[C@]2(C(=O)Nc3ccccc32)[C@H]2C=Cc3cc(Cl)ccc3N12. The lowest BCUT2D eigenvalue weighted by Gasteiger charge is -2.37. The summed E-state index contributed by atoms with van der Waals surface area (Å²) in [5.74, 6) is -1.04. The zero-order chi connectivity index (χ0) is 26.8. The summed E-state index contributed by atoms with van der Waals surface area (Å²) in [7, 11) is 0. The standard InChI is InChI=1S/C32H29ClN2O3/c1-18(2)16-20-8-10-21(11-9-20)30(37)28-29(19(3)36)35-26-14-13-23(33)17-22(26)12-15-27(35)32(28)24-6-4-5-7-25(24)34-31(32)38/h4-15,17-18,27-29H,16H2,1-3H3,(H,34,38)/t27-,28-,29-,32-/m1/s1. The minimum absolute atomic E-state index is 0.157. The van der Waals surface area contributed by atoms with Crippen LogP contribution in [0.1, 0.15) is 47.8 Å². The number of fused-ring (bicyclic) bond motifs is 6. The van der Waals surface area contributed by atoms with E-state index in [1.807, 2.05) is 77.7 Å². The van der Waals surface area contributed by atoms with Crippen molar-refractivity contribution in [3.8, 4) is 0 Å². The predicted octanol–water partition coefficient (Wildman–Crippen LogP) is 6.10. The second kappa shape index (κ2) is 8.95. The third-order valence-corrected chi connectivity index (χ3v) is 8.41. The van der Waals surface area contributed by atoms with E-state index in [0.29, 0.717) is 22.2 Å². The van der Waals surface area contributed by atoms with Gasteiger partial charge in [0, 0.05) is 22.0 Å². The fraction of sp³-hybridized carbons (Fsp3) is 0.281. The van der Waals surface area contributed by atoms with Gasteiger partial charge in [0.1, 0.15) is 5.41 Å². The van der Waals surface area contributed by atoms with Gasteiger partial charge in [0.15, 0.2) is 11.6 Å². The van der Waals surface area contributed by atoms with E-state index in [1.165, 1.54) is 6.92 Å². The molecule has 0 aliphatic carbocycles. The molecule has 1 spiro atoms. The first kappa shape index (κ1) is 24.6. The number of nitrogens with one attached hydrogen (secondary N) is 1. The van der Waals surface area contributed by atoms with E-state index in [0.717, 1.165) is 28.8 Å². The van der Waals surface area contributed by atoms with E-state index in [9.17, 15) is 14.4 Å². The van der Waals surface area contributed by atoms with Crippen LogP contribution in [0.3, 0.4) is 0 Å². The molecule has 1 saturated heterocycles. The Labute approximate surface area is 227 Å². The number of halogens is 1. The molecule has 0 radical (unpaired) electrons. The fourth-order valence-electron chi connectivity index (χ4n) is 6.76. The number of amides is 1.